The Bertz CT molecular complexity index is 182. The average Bonchev–Trinajstić information content (AvgIpc) is 2.29. The van der Waals surface area contributed by atoms with Gasteiger partial charge in [0.1, 0.15) is 0 Å². The number of hydrogen-bond acceptors (Lipinski definition) is 2. The molecule has 1 saturated carbocycles. The van der Waals surface area contributed by atoms with E-state index >= 15 is 0 Å². The zero-order valence-electron chi connectivity index (χ0n) is 11.5. The Hall–Kier alpha value is 0.310. The van der Waals surface area contributed by atoms with Crippen LogP contribution in [0.4, 0.5) is 0 Å². The maximum atomic E-state index is 3.53. The Balaban J connectivity index is 2.40. The van der Waals surface area contributed by atoms with Crippen molar-refractivity contribution in [3.8, 4) is 0 Å². The molecule has 1 aliphatic rings. The first-order valence-corrected chi connectivity index (χ1v) is 8.09. The van der Waals surface area contributed by atoms with Gasteiger partial charge >= 0.3 is 0 Å². The van der Waals surface area contributed by atoms with Crippen molar-refractivity contribution in [2.45, 2.75) is 52.5 Å². The summed E-state index contributed by atoms with van der Waals surface area (Å²) in [4.78, 5) is 0. The van der Waals surface area contributed by atoms with E-state index in [2.05, 4.69) is 44.9 Å². The Morgan fingerprint density at radius 2 is 2.06 bits per heavy atom. The molecule has 3 unspecified atom stereocenters. The SMILES string of the molecule is CCSCCC1CC(C(C)C)CCC1NC. The van der Waals surface area contributed by atoms with E-state index in [0.717, 1.165) is 23.8 Å². The van der Waals surface area contributed by atoms with Gasteiger partial charge in [0.15, 0.2) is 0 Å². The Morgan fingerprint density at radius 1 is 1.31 bits per heavy atom. The number of thioether (sulfide) groups is 1. The summed E-state index contributed by atoms with van der Waals surface area (Å²) in [5.74, 6) is 5.39. The zero-order valence-corrected chi connectivity index (χ0v) is 12.3. The second kappa shape index (κ2) is 7.60. The van der Waals surface area contributed by atoms with Crippen LogP contribution in [0.1, 0.15) is 46.5 Å². The molecular formula is C14H29NS. The van der Waals surface area contributed by atoms with Gasteiger partial charge in [0, 0.05) is 6.04 Å². The predicted octanol–water partition coefficient (Wildman–Crippen LogP) is 3.79. The standard InChI is InChI=1S/C14H29NS/c1-5-16-9-8-13-10-12(11(2)3)6-7-14(13)15-4/h11-15H,5-10H2,1-4H3. The third kappa shape index (κ3) is 4.29. The van der Waals surface area contributed by atoms with Crippen molar-refractivity contribution in [3.63, 3.8) is 0 Å². The number of rotatable bonds is 6. The molecule has 96 valence electrons. The van der Waals surface area contributed by atoms with E-state index in [-0.39, 0.29) is 0 Å². The van der Waals surface area contributed by atoms with Crippen LogP contribution in [0.5, 0.6) is 0 Å². The first-order chi connectivity index (χ1) is 7.69. The van der Waals surface area contributed by atoms with Crippen LogP contribution in [0.2, 0.25) is 0 Å². The highest BCUT2D eigenvalue weighted by molar-refractivity contribution is 7.99. The average molecular weight is 243 g/mol. The summed E-state index contributed by atoms with van der Waals surface area (Å²) < 4.78 is 0. The van der Waals surface area contributed by atoms with Crippen molar-refractivity contribution in [2.24, 2.45) is 17.8 Å². The molecule has 0 radical (unpaired) electrons. The first kappa shape index (κ1) is 14.4. The summed E-state index contributed by atoms with van der Waals surface area (Å²) in [6.45, 7) is 7.04. The van der Waals surface area contributed by atoms with Crippen LogP contribution in [0.15, 0.2) is 0 Å². The second-order valence-electron chi connectivity index (χ2n) is 5.46. The Labute approximate surface area is 106 Å². The smallest absolute Gasteiger partial charge is 0.00928 e. The largest absolute Gasteiger partial charge is 0.317 e. The summed E-state index contributed by atoms with van der Waals surface area (Å²) >= 11 is 2.10. The molecule has 0 aromatic carbocycles. The molecule has 0 heterocycles. The quantitative estimate of drug-likeness (QED) is 0.712. The van der Waals surface area contributed by atoms with Crippen molar-refractivity contribution in [2.75, 3.05) is 18.6 Å². The minimum absolute atomic E-state index is 0.785. The number of nitrogens with one attached hydrogen (secondary N) is 1. The maximum absolute atomic E-state index is 3.53. The van der Waals surface area contributed by atoms with Crippen LogP contribution in [-0.2, 0) is 0 Å². The molecule has 1 rings (SSSR count). The van der Waals surface area contributed by atoms with Crippen molar-refractivity contribution < 1.29 is 0 Å². The fourth-order valence-corrected chi connectivity index (χ4v) is 3.74. The van der Waals surface area contributed by atoms with E-state index in [4.69, 9.17) is 0 Å². The molecule has 0 aromatic heterocycles. The molecule has 1 N–H and O–H groups in total. The lowest BCUT2D eigenvalue weighted by atomic mass is 9.73. The van der Waals surface area contributed by atoms with Crippen LogP contribution in [0.3, 0.4) is 0 Å². The molecule has 3 atom stereocenters. The lowest BCUT2D eigenvalue weighted by Crippen LogP contribution is -2.39. The fraction of sp³-hybridized carbons (Fsp3) is 1.00. The third-order valence-corrected chi connectivity index (χ3v) is 5.11. The van der Waals surface area contributed by atoms with Crippen LogP contribution in [0.25, 0.3) is 0 Å². The van der Waals surface area contributed by atoms with E-state index in [0.29, 0.717) is 0 Å². The highest BCUT2D eigenvalue weighted by Gasteiger charge is 2.30. The molecule has 0 saturated heterocycles. The van der Waals surface area contributed by atoms with Crippen LogP contribution < -0.4 is 5.32 Å². The van der Waals surface area contributed by atoms with E-state index in [1.807, 2.05) is 0 Å². The molecule has 16 heavy (non-hydrogen) atoms. The minimum atomic E-state index is 0.785. The van der Waals surface area contributed by atoms with Gasteiger partial charge in [-0.1, -0.05) is 20.8 Å². The van der Waals surface area contributed by atoms with Gasteiger partial charge in [0.05, 0.1) is 0 Å². The van der Waals surface area contributed by atoms with Crippen molar-refractivity contribution in [1.29, 1.82) is 0 Å². The molecule has 2 heteroatoms. The van der Waals surface area contributed by atoms with Gasteiger partial charge in [-0.15, -0.1) is 0 Å². The summed E-state index contributed by atoms with van der Waals surface area (Å²) in [7, 11) is 2.14. The normalized spacial score (nSPS) is 30.9. The highest BCUT2D eigenvalue weighted by Crippen LogP contribution is 2.35. The highest BCUT2D eigenvalue weighted by atomic mass is 32.2. The van der Waals surface area contributed by atoms with Gasteiger partial charge in [-0.25, -0.2) is 0 Å². The number of hydrogen-bond donors (Lipinski definition) is 1. The summed E-state index contributed by atoms with van der Waals surface area (Å²) in [5, 5.41) is 3.53. The molecule has 0 spiro atoms. The summed E-state index contributed by atoms with van der Waals surface area (Å²) in [6.07, 6.45) is 5.68. The van der Waals surface area contributed by atoms with E-state index in [9.17, 15) is 0 Å². The maximum Gasteiger partial charge on any atom is 0.00928 e. The minimum Gasteiger partial charge on any atom is -0.317 e. The Kier molecular flexibility index (Phi) is 6.83. The molecule has 0 bridgehead atoms. The molecule has 0 aliphatic heterocycles. The fourth-order valence-electron chi connectivity index (χ4n) is 2.98. The van der Waals surface area contributed by atoms with Crippen LogP contribution in [0, 0.1) is 17.8 Å². The van der Waals surface area contributed by atoms with Gasteiger partial charge in [-0.3, -0.25) is 0 Å². The van der Waals surface area contributed by atoms with Gasteiger partial charge in [0.25, 0.3) is 0 Å². The third-order valence-electron chi connectivity index (χ3n) is 4.17. The predicted molar refractivity (Wildman–Crippen MR) is 76.1 cm³/mol. The van der Waals surface area contributed by atoms with Gasteiger partial charge in [-0.05, 0) is 62.0 Å². The van der Waals surface area contributed by atoms with E-state index in [1.165, 1.54) is 37.2 Å². The van der Waals surface area contributed by atoms with Gasteiger partial charge < -0.3 is 5.32 Å². The second-order valence-corrected chi connectivity index (χ2v) is 6.85. The van der Waals surface area contributed by atoms with Crippen molar-refractivity contribution in [3.05, 3.63) is 0 Å². The molecule has 1 nitrogen and oxygen atoms in total. The van der Waals surface area contributed by atoms with Crippen molar-refractivity contribution in [1.82, 2.24) is 5.32 Å². The molecule has 0 aromatic rings. The molecule has 1 aliphatic carbocycles. The monoisotopic (exact) mass is 243 g/mol. The molecule has 0 amide bonds. The lowest BCUT2D eigenvalue weighted by molar-refractivity contribution is 0.170. The molecule has 1 fully saturated rings. The van der Waals surface area contributed by atoms with Gasteiger partial charge in [-0.2, -0.15) is 11.8 Å². The zero-order chi connectivity index (χ0) is 12.0. The lowest BCUT2D eigenvalue weighted by Gasteiger charge is -2.38. The van der Waals surface area contributed by atoms with E-state index in [1.54, 1.807) is 0 Å². The summed E-state index contributed by atoms with van der Waals surface area (Å²) in [6, 6.07) is 0.785. The van der Waals surface area contributed by atoms with Gasteiger partial charge in [0.2, 0.25) is 0 Å². The Morgan fingerprint density at radius 3 is 2.62 bits per heavy atom. The molecular weight excluding hydrogens is 214 g/mol. The van der Waals surface area contributed by atoms with E-state index < -0.39 is 0 Å². The summed E-state index contributed by atoms with van der Waals surface area (Å²) in [5.41, 5.74) is 0. The van der Waals surface area contributed by atoms with Crippen LogP contribution >= 0.6 is 11.8 Å². The first-order valence-electron chi connectivity index (χ1n) is 6.94. The topological polar surface area (TPSA) is 12.0 Å². The van der Waals surface area contributed by atoms with Crippen LogP contribution in [-0.4, -0.2) is 24.6 Å². The van der Waals surface area contributed by atoms with Crippen molar-refractivity contribution >= 4 is 11.8 Å².